The van der Waals surface area contributed by atoms with E-state index in [1.807, 2.05) is 48.5 Å². The topological polar surface area (TPSA) is 58.6 Å². The lowest BCUT2D eigenvalue weighted by atomic mass is 9.58. The van der Waals surface area contributed by atoms with Crippen LogP contribution in [0, 0.1) is 5.92 Å². The molecule has 2 aromatic rings. The molecular weight excluding hydrogens is 376 g/mol. The average molecular weight is 407 g/mol. The van der Waals surface area contributed by atoms with Crippen molar-refractivity contribution in [3.05, 3.63) is 65.7 Å². The SMILES string of the molecule is CC(=O)Oc1cccc(C23CCN(C)CC2CCC(NC(=O)c2ccccc2)C3)c1. The minimum atomic E-state index is -0.304. The monoisotopic (exact) mass is 406 g/mol. The summed E-state index contributed by atoms with van der Waals surface area (Å²) in [6.45, 7) is 3.50. The third kappa shape index (κ3) is 4.26. The molecule has 2 fully saturated rings. The molecule has 0 aromatic heterocycles. The van der Waals surface area contributed by atoms with Crippen LogP contribution in [0.15, 0.2) is 54.6 Å². The Bertz CT molecular complexity index is 914. The van der Waals surface area contributed by atoms with Crippen molar-refractivity contribution in [2.24, 2.45) is 5.92 Å². The summed E-state index contributed by atoms with van der Waals surface area (Å²) in [7, 11) is 2.18. The minimum absolute atomic E-state index is 0.00390. The molecule has 1 N–H and O–H groups in total. The molecule has 0 spiro atoms. The van der Waals surface area contributed by atoms with Crippen LogP contribution in [0.25, 0.3) is 0 Å². The van der Waals surface area contributed by atoms with E-state index in [0.29, 0.717) is 17.2 Å². The molecule has 4 rings (SSSR count). The van der Waals surface area contributed by atoms with Gasteiger partial charge >= 0.3 is 5.97 Å². The number of hydrogen-bond donors (Lipinski definition) is 1. The molecule has 3 unspecified atom stereocenters. The van der Waals surface area contributed by atoms with Gasteiger partial charge in [0.2, 0.25) is 0 Å². The molecule has 158 valence electrons. The standard InChI is InChI=1S/C25H30N2O3/c1-18(28)30-23-10-6-9-20(15-23)25-13-14-27(2)17-21(25)11-12-22(16-25)26-24(29)19-7-4-3-5-8-19/h3-10,15,21-22H,11-14,16-17H2,1-2H3,(H,26,29). The average Bonchev–Trinajstić information content (AvgIpc) is 2.74. The first kappa shape index (κ1) is 20.6. The number of amides is 1. The fourth-order valence-corrected chi connectivity index (χ4v) is 5.33. The first-order chi connectivity index (χ1) is 14.5. The van der Waals surface area contributed by atoms with Gasteiger partial charge in [0.05, 0.1) is 0 Å². The fourth-order valence-electron chi connectivity index (χ4n) is 5.33. The van der Waals surface area contributed by atoms with Crippen LogP contribution in [0.4, 0.5) is 0 Å². The molecule has 1 aliphatic heterocycles. The van der Waals surface area contributed by atoms with E-state index in [1.54, 1.807) is 0 Å². The number of likely N-dealkylation sites (tertiary alicyclic amines) is 1. The summed E-state index contributed by atoms with van der Waals surface area (Å²) in [5, 5.41) is 3.28. The molecular formula is C25H30N2O3. The van der Waals surface area contributed by atoms with Crippen molar-refractivity contribution in [2.75, 3.05) is 20.1 Å². The molecule has 1 saturated carbocycles. The van der Waals surface area contributed by atoms with Crippen LogP contribution in [-0.4, -0.2) is 43.0 Å². The maximum absolute atomic E-state index is 12.8. The number of carbonyl (C=O) groups is 2. The fraction of sp³-hybridized carbons (Fsp3) is 0.440. The molecule has 0 bridgehead atoms. The van der Waals surface area contributed by atoms with E-state index >= 15 is 0 Å². The van der Waals surface area contributed by atoms with Gasteiger partial charge in [0.15, 0.2) is 0 Å². The molecule has 2 aromatic carbocycles. The second-order valence-electron chi connectivity index (χ2n) is 8.80. The maximum atomic E-state index is 12.8. The summed E-state index contributed by atoms with van der Waals surface area (Å²) in [5.41, 5.74) is 1.90. The first-order valence-electron chi connectivity index (χ1n) is 10.8. The van der Waals surface area contributed by atoms with Crippen molar-refractivity contribution in [3.63, 3.8) is 0 Å². The predicted molar refractivity (Wildman–Crippen MR) is 117 cm³/mol. The van der Waals surface area contributed by atoms with Crippen LogP contribution >= 0.6 is 0 Å². The Morgan fingerprint density at radius 2 is 1.90 bits per heavy atom. The van der Waals surface area contributed by atoms with Gasteiger partial charge in [0, 0.05) is 30.5 Å². The summed E-state index contributed by atoms with van der Waals surface area (Å²) < 4.78 is 5.37. The molecule has 5 heteroatoms. The Kier molecular flexibility index (Phi) is 5.91. The van der Waals surface area contributed by atoms with Crippen LogP contribution in [0.2, 0.25) is 0 Å². The van der Waals surface area contributed by atoms with Crippen molar-refractivity contribution >= 4 is 11.9 Å². The van der Waals surface area contributed by atoms with Gasteiger partial charge in [-0.2, -0.15) is 0 Å². The van der Waals surface area contributed by atoms with Crippen molar-refractivity contribution < 1.29 is 14.3 Å². The van der Waals surface area contributed by atoms with E-state index in [4.69, 9.17) is 4.74 Å². The minimum Gasteiger partial charge on any atom is -0.427 e. The van der Waals surface area contributed by atoms with Crippen molar-refractivity contribution in [2.45, 2.75) is 44.1 Å². The normalized spacial score (nSPS) is 26.5. The van der Waals surface area contributed by atoms with Crippen LogP contribution in [0.1, 0.15) is 48.5 Å². The molecule has 1 aliphatic carbocycles. The maximum Gasteiger partial charge on any atom is 0.308 e. The van der Waals surface area contributed by atoms with Gasteiger partial charge in [-0.05, 0) is 75.0 Å². The summed E-state index contributed by atoms with van der Waals surface area (Å²) in [5.74, 6) is 0.813. The third-order valence-corrected chi connectivity index (χ3v) is 6.77. The molecule has 1 heterocycles. The number of carbonyl (C=O) groups excluding carboxylic acids is 2. The van der Waals surface area contributed by atoms with E-state index in [1.165, 1.54) is 12.5 Å². The number of hydrogen-bond acceptors (Lipinski definition) is 4. The van der Waals surface area contributed by atoms with Crippen molar-refractivity contribution in [1.82, 2.24) is 10.2 Å². The van der Waals surface area contributed by atoms with E-state index in [9.17, 15) is 9.59 Å². The highest BCUT2D eigenvalue weighted by Gasteiger charge is 2.47. The lowest BCUT2D eigenvalue weighted by Gasteiger charge is -2.52. The molecule has 30 heavy (non-hydrogen) atoms. The second kappa shape index (κ2) is 8.60. The van der Waals surface area contributed by atoms with E-state index in [-0.39, 0.29) is 23.3 Å². The van der Waals surface area contributed by atoms with Gasteiger partial charge in [0.25, 0.3) is 5.91 Å². The lowest BCUT2D eigenvalue weighted by molar-refractivity contribution is -0.131. The summed E-state index contributed by atoms with van der Waals surface area (Å²) in [6.07, 6.45) is 4.01. The van der Waals surface area contributed by atoms with E-state index in [0.717, 1.165) is 38.8 Å². The zero-order valence-electron chi connectivity index (χ0n) is 17.8. The number of piperidine rings is 1. The summed E-state index contributed by atoms with van der Waals surface area (Å²) in [4.78, 5) is 26.6. The molecule has 1 amide bonds. The zero-order chi connectivity index (χ0) is 21.1. The quantitative estimate of drug-likeness (QED) is 0.620. The number of benzene rings is 2. The first-order valence-corrected chi connectivity index (χ1v) is 10.8. The van der Waals surface area contributed by atoms with E-state index in [2.05, 4.69) is 23.3 Å². The van der Waals surface area contributed by atoms with Crippen LogP contribution in [-0.2, 0) is 10.2 Å². The Balaban J connectivity index is 1.60. The number of fused-ring (bicyclic) bond motifs is 1. The molecule has 1 saturated heterocycles. The van der Waals surface area contributed by atoms with Crippen LogP contribution in [0.5, 0.6) is 5.75 Å². The van der Waals surface area contributed by atoms with Crippen LogP contribution < -0.4 is 10.1 Å². The van der Waals surface area contributed by atoms with Crippen LogP contribution in [0.3, 0.4) is 0 Å². The Hall–Kier alpha value is -2.66. The molecule has 3 atom stereocenters. The summed E-state index contributed by atoms with van der Waals surface area (Å²) in [6, 6.07) is 17.6. The Labute approximate surface area is 178 Å². The van der Waals surface area contributed by atoms with Gasteiger partial charge in [-0.25, -0.2) is 0 Å². The smallest absolute Gasteiger partial charge is 0.308 e. The van der Waals surface area contributed by atoms with E-state index < -0.39 is 0 Å². The van der Waals surface area contributed by atoms with Gasteiger partial charge < -0.3 is 15.0 Å². The highest BCUT2D eigenvalue weighted by molar-refractivity contribution is 5.94. The Morgan fingerprint density at radius 3 is 2.67 bits per heavy atom. The number of rotatable bonds is 4. The highest BCUT2D eigenvalue weighted by Crippen LogP contribution is 2.49. The number of nitrogens with one attached hydrogen (secondary N) is 1. The Morgan fingerprint density at radius 1 is 1.10 bits per heavy atom. The van der Waals surface area contributed by atoms with Gasteiger partial charge in [0.1, 0.15) is 5.75 Å². The number of esters is 1. The molecule has 2 aliphatic rings. The van der Waals surface area contributed by atoms with Gasteiger partial charge in [-0.3, -0.25) is 9.59 Å². The largest absolute Gasteiger partial charge is 0.427 e. The van der Waals surface area contributed by atoms with Gasteiger partial charge in [-0.15, -0.1) is 0 Å². The van der Waals surface area contributed by atoms with Gasteiger partial charge in [-0.1, -0.05) is 30.3 Å². The summed E-state index contributed by atoms with van der Waals surface area (Å²) >= 11 is 0. The van der Waals surface area contributed by atoms with Crippen molar-refractivity contribution in [3.8, 4) is 5.75 Å². The number of nitrogens with zero attached hydrogens (tertiary/aromatic N) is 1. The zero-order valence-corrected chi connectivity index (χ0v) is 17.8. The van der Waals surface area contributed by atoms with Crippen molar-refractivity contribution in [1.29, 1.82) is 0 Å². The highest BCUT2D eigenvalue weighted by atomic mass is 16.5. The molecule has 0 radical (unpaired) electrons. The third-order valence-electron chi connectivity index (χ3n) is 6.77. The predicted octanol–water partition coefficient (Wildman–Crippen LogP) is 3.78. The number of ether oxygens (including phenoxy) is 1. The molecule has 5 nitrogen and oxygen atoms in total. The lowest BCUT2D eigenvalue weighted by Crippen LogP contribution is -2.55. The second-order valence-corrected chi connectivity index (χ2v) is 8.80.